The monoisotopic (exact) mass is 314 g/mol. The van der Waals surface area contributed by atoms with Crippen LogP contribution in [0.2, 0.25) is 0 Å². The molecule has 0 amide bonds. The van der Waals surface area contributed by atoms with Gasteiger partial charge in [0.1, 0.15) is 10.6 Å². The Kier molecular flexibility index (Phi) is 5.05. The van der Waals surface area contributed by atoms with Crippen molar-refractivity contribution >= 4 is 16.0 Å². The Hall–Kier alpha value is -1.34. The summed E-state index contributed by atoms with van der Waals surface area (Å²) < 4.78 is 29.6. The van der Waals surface area contributed by atoms with E-state index in [9.17, 15) is 13.2 Å². The van der Waals surface area contributed by atoms with E-state index in [1.165, 1.54) is 31.5 Å². The second-order valence-electron chi connectivity index (χ2n) is 5.49. The summed E-state index contributed by atoms with van der Waals surface area (Å²) in [5, 5.41) is 5.09. The molecule has 1 heterocycles. The molecule has 1 aromatic heterocycles. The summed E-state index contributed by atoms with van der Waals surface area (Å²) >= 11 is 0. The Morgan fingerprint density at radius 1 is 1.38 bits per heavy atom. The second kappa shape index (κ2) is 6.62. The van der Waals surface area contributed by atoms with Crippen LogP contribution in [0.15, 0.2) is 17.2 Å². The van der Waals surface area contributed by atoms with Gasteiger partial charge in [0, 0.05) is 12.7 Å². The molecule has 21 heavy (non-hydrogen) atoms. The van der Waals surface area contributed by atoms with Gasteiger partial charge in [0.2, 0.25) is 10.0 Å². The molecule has 0 saturated heterocycles. The summed E-state index contributed by atoms with van der Waals surface area (Å²) in [6.45, 7) is 2.70. The molecule has 0 spiro atoms. The van der Waals surface area contributed by atoms with Gasteiger partial charge >= 0.3 is 5.97 Å². The summed E-state index contributed by atoms with van der Waals surface area (Å²) in [7, 11) is -3.81. The van der Waals surface area contributed by atoms with Crippen LogP contribution >= 0.6 is 0 Å². The number of hydrogen-bond acceptors (Lipinski definition) is 4. The molecular weight excluding hydrogens is 292 g/mol. The predicted molar refractivity (Wildman–Crippen MR) is 78.3 cm³/mol. The lowest BCUT2D eigenvalue weighted by atomic mass is 9.90. The molecule has 0 atom stereocenters. The molecule has 0 aromatic carbocycles. The number of aromatic nitrogens is 1. The molecule has 118 valence electrons. The molecule has 6 nitrogen and oxygen atoms in total. The van der Waals surface area contributed by atoms with Crippen LogP contribution in [0.4, 0.5) is 0 Å². The summed E-state index contributed by atoms with van der Waals surface area (Å²) in [5.41, 5.74) is 0.234. The van der Waals surface area contributed by atoms with Crippen molar-refractivity contribution in [1.29, 1.82) is 0 Å². The number of nitrogens with zero attached hydrogens (tertiary/aromatic N) is 1. The molecule has 1 aliphatic rings. The van der Waals surface area contributed by atoms with E-state index in [4.69, 9.17) is 9.88 Å². The van der Waals surface area contributed by atoms with Gasteiger partial charge in [0.05, 0.1) is 6.61 Å². The Morgan fingerprint density at radius 2 is 2.05 bits per heavy atom. The first kappa shape index (κ1) is 16.0. The van der Waals surface area contributed by atoms with Gasteiger partial charge in [0.15, 0.2) is 0 Å². The number of carbonyl (C=O) groups excluding carboxylic acids is 1. The molecule has 1 fully saturated rings. The van der Waals surface area contributed by atoms with Crippen molar-refractivity contribution in [2.75, 3.05) is 6.61 Å². The average Bonchev–Trinajstić information content (AvgIpc) is 2.90. The minimum atomic E-state index is -3.81. The third kappa shape index (κ3) is 4.07. The van der Waals surface area contributed by atoms with Crippen LogP contribution in [-0.4, -0.2) is 25.6 Å². The molecule has 1 saturated carbocycles. The molecule has 0 bridgehead atoms. The number of hydrogen-bond donors (Lipinski definition) is 1. The lowest BCUT2D eigenvalue weighted by molar-refractivity contribution is 0.0398. The number of carbonyl (C=O) groups is 1. The second-order valence-corrected chi connectivity index (χ2v) is 7.06. The lowest BCUT2D eigenvalue weighted by Crippen LogP contribution is -2.18. The van der Waals surface area contributed by atoms with Gasteiger partial charge in [-0.15, -0.1) is 0 Å². The van der Waals surface area contributed by atoms with E-state index >= 15 is 0 Å². The van der Waals surface area contributed by atoms with Crippen LogP contribution < -0.4 is 5.14 Å². The standard InChI is InChI=1S/C14H22N2O4S/c1-2-16-9-12(21(15,18)19)8-13(16)14(17)20-10-11-6-4-3-5-7-11/h8-9,11H,2-7,10H2,1H3,(H2,15,18,19). The van der Waals surface area contributed by atoms with E-state index in [0.717, 1.165) is 12.8 Å². The highest BCUT2D eigenvalue weighted by molar-refractivity contribution is 7.89. The quantitative estimate of drug-likeness (QED) is 0.840. The maximum absolute atomic E-state index is 12.1. The molecule has 2 N–H and O–H groups in total. The van der Waals surface area contributed by atoms with Crippen LogP contribution in [-0.2, 0) is 21.3 Å². The van der Waals surface area contributed by atoms with Crippen LogP contribution in [0.1, 0.15) is 49.5 Å². The van der Waals surface area contributed by atoms with E-state index < -0.39 is 16.0 Å². The number of rotatable bonds is 5. The topological polar surface area (TPSA) is 91.4 Å². The van der Waals surface area contributed by atoms with Gasteiger partial charge in [-0.1, -0.05) is 19.3 Å². The third-order valence-corrected chi connectivity index (χ3v) is 4.81. The van der Waals surface area contributed by atoms with Gasteiger partial charge in [-0.2, -0.15) is 0 Å². The van der Waals surface area contributed by atoms with Gasteiger partial charge in [0.25, 0.3) is 0 Å². The molecule has 1 aliphatic carbocycles. The van der Waals surface area contributed by atoms with E-state index in [-0.39, 0.29) is 10.6 Å². The van der Waals surface area contributed by atoms with E-state index in [0.29, 0.717) is 19.1 Å². The zero-order valence-electron chi connectivity index (χ0n) is 12.2. The minimum absolute atomic E-state index is 0.0611. The third-order valence-electron chi connectivity index (χ3n) is 3.92. The van der Waals surface area contributed by atoms with Crippen LogP contribution in [0.3, 0.4) is 0 Å². The lowest BCUT2D eigenvalue weighted by Gasteiger charge is -2.21. The first-order valence-corrected chi connectivity index (χ1v) is 8.86. The summed E-state index contributed by atoms with van der Waals surface area (Å²) in [6, 6.07) is 1.28. The largest absolute Gasteiger partial charge is 0.461 e. The van der Waals surface area contributed by atoms with Gasteiger partial charge in [-0.3, -0.25) is 0 Å². The molecule has 7 heteroatoms. The Balaban J connectivity index is 2.05. The molecule has 2 rings (SSSR count). The highest BCUT2D eigenvalue weighted by atomic mass is 32.2. The normalized spacial score (nSPS) is 16.9. The van der Waals surface area contributed by atoms with Crippen LogP contribution in [0.5, 0.6) is 0 Å². The first-order chi connectivity index (χ1) is 9.91. The number of ether oxygens (including phenoxy) is 1. The van der Waals surface area contributed by atoms with Crippen molar-refractivity contribution in [1.82, 2.24) is 4.57 Å². The predicted octanol–water partition coefficient (Wildman–Crippen LogP) is 1.89. The summed E-state index contributed by atoms with van der Waals surface area (Å²) in [6.07, 6.45) is 7.16. The fraction of sp³-hybridized carbons (Fsp3) is 0.643. The molecule has 0 radical (unpaired) electrons. The highest BCUT2D eigenvalue weighted by Crippen LogP contribution is 2.24. The van der Waals surface area contributed by atoms with Gasteiger partial charge in [-0.05, 0) is 31.7 Å². The maximum Gasteiger partial charge on any atom is 0.354 e. The van der Waals surface area contributed by atoms with Crippen molar-refractivity contribution in [3.05, 3.63) is 18.0 Å². The Morgan fingerprint density at radius 3 is 2.62 bits per heavy atom. The Labute approximate surface area is 125 Å². The maximum atomic E-state index is 12.1. The fourth-order valence-corrected chi connectivity index (χ4v) is 3.24. The Bertz CT molecular complexity index is 600. The molecule has 1 aromatic rings. The molecule has 0 unspecified atom stereocenters. The highest BCUT2D eigenvalue weighted by Gasteiger charge is 2.21. The van der Waals surface area contributed by atoms with Crippen molar-refractivity contribution in [2.45, 2.75) is 50.5 Å². The summed E-state index contributed by atoms with van der Waals surface area (Å²) in [4.78, 5) is 12.1. The van der Waals surface area contributed by atoms with Gasteiger partial charge < -0.3 is 9.30 Å². The number of esters is 1. The molecular formula is C14H22N2O4S. The number of primary sulfonamides is 1. The zero-order chi connectivity index (χ0) is 15.5. The SMILES string of the molecule is CCn1cc(S(N)(=O)=O)cc1C(=O)OCC1CCCCC1. The van der Waals surface area contributed by atoms with Gasteiger partial charge in [-0.25, -0.2) is 18.4 Å². The van der Waals surface area contributed by atoms with E-state index in [1.54, 1.807) is 4.57 Å². The average molecular weight is 314 g/mol. The number of aryl methyl sites for hydroxylation is 1. The van der Waals surface area contributed by atoms with Crippen molar-refractivity contribution in [3.8, 4) is 0 Å². The van der Waals surface area contributed by atoms with Crippen molar-refractivity contribution in [2.24, 2.45) is 11.1 Å². The van der Waals surface area contributed by atoms with Crippen LogP contribution in [0.25, 0.3) is 0 Å². The van der Waals surface area contributed by atoms with Crippen molar-refractivity contribution < 1.29 is 17.9 Å². The first-order valence-electron chi connectivity index (χ1n) is 7.32. The van der Waals surface area contributed by atoms with E-state index in [1.807, 2.05) is 6.92 Å². The zero-order valence-corrected chi connectivity index (χ0v) is 13.1. The van der Waals surface area contributed by atoms with E-state index in [2.05, 4.69) is 0 Å². The van der Waals surface area contributed by atoms with Crippen LogP contribution in [0, 0.1) is 5.92 Å². The number of sulfonamides is 1. The number of nitrogens with two attached hydrogens (primary N) is 1. The minimum Gasteiger partial charge on any atom is -0.461 e. The van der Waals surface area contributed by atoms with Crippen molar-refractivity contribution in [3.63, 3.8) is 0 Å². The smallest absolute Gasteiger partial charge is 0.354 e. The fourth-order valence-electron chi connectivity index (χ4n) is 2.69. The molecule has 0 aliphatic heterocycles. The summed E-state index contributed by atoms with van der Waals surface area (Å²) in [5.74, 6) is -0.0669.